The van der Waals surface area contributed by atoms with Crippen LogP contribution in [0, 0.1) is 0 Å². The fraction of sp³-hybridized carbons (Fsp3) is 0.552. The third kappa shape index (κ3) is 34.2. The minimum atomic E-state index is -1.33. The molecule has 0 spiro atoms. The van der Waals surface area contributed by atoms with Crippen molar-refractivity contribution >= 4 is 58.6 Å². The van der Waals surface area contributed by atoms with Crippen molar-refractivity contribution in [3.05, 3.63) is 106 Å². The van der Waals surface area contributed by atoms with Crippen molar-refractivity contribution in [1.82, 2.24) is 19.9 Å². The van der Waals surface area contributed by atoms with E-state index in [0.29, 0.717) is 0 Å². The summed E-state index contributed by atoms with van der Waals surface area (Å²) in [5, 5.41) is 56.0. The maximum Gasteiger partial charge on any atom is 2.00 e. The molecule has 16 nitrogen and oxygen atoms in total. The average Bonchev–Trinajstić information content (AvgIpc) is 3.43. The number of thiocarbonyl (C=S) groups is 2. The van der Waals surface area contributed by atoms with Crippen LogP contribution in [0.25, 0.3) is 33.6 Å². The van der Waals surface area contributed by atoms with E-state index in [9.17, 15) is 29.4 Å². The van der Waals surface area contributed by atoms with Crippen molar-refractivity contribution in [2.75, 3.05) is 52.4 Å². The van der Waals surface area contributed by atoms with Crippen LogP contribution in [0.3, 0.4) is 0 Å². The molecule has 4 aromatic heterocycles. The molecule has 0 aromatic carbocycles. The Morgan fingerprint density at radius 1 is 0.429 bits per heavy atom. The van der Waals surface area contributed by atoms with E-state index in [0.717, 1.165) is 0 Å². The first-order chi connectivity index (χ1) is 36.5. The molecule has 426 valence electrons. The van der Waals surface area contributed by atoms with E-state index in [1.165, 1.54) is 248 Å². The fourth-order valence-corrected chi connectivity index (χ4v) is 8.09. The SMILES string of the molecule is CCCC[N+](CCCC)(CCCC)CCCC.CCCC[N+](CCCC)(CCCC)CCCC.O=C([O-])c1ccnc(-c2cc(C(=O)O)ccn2)c1.O=C([O-])c1ccnc(-c2cc(C(=O)O)ccn2)c1.[N-]=C=S.[N-]=C=S.[Ru+2]. The van der Waals surface area contributed by atoms with Gasteiger partial charge in [0.15, 0.2) is 0 Å². The molecule has 0 aliphatic heterocycles. The van der Waals surface area contributed by atoms with E-state index in [1.807, 2.05) is 0 Å². The van der Waals surface area contributed by atoms with E-state index in [2.05, 4.69) is 99.8 Å². The predicted octanol–water partition coefficient (Wildman–Crippen LogP) is 11.7. The minimum absolute atomic E-state index is 0. The van der Waals surface area contributed by atoms with E-state index >= 15 is 0 Å². The van der Waals surface area contributed by atoms with Crippen LogP contribution >= 0.6 is 24.4 Å². The van der Waals surface area contributed by atoms with Gasteiger partial charge in [0.25, 0.3) is 0 Å². The van der Waals surface area contributed by atoms with Gasteiger partial charge in [-0.2, -0.15) is 10.3 Å². The Labute approximate surface area is 483 Å². The molecule has 0 bridgehead atoms. The topological polar surface area (TPSA) is 251 Å². The fourth-order valence-electron chi connectivity index (χ4n) is 8.09. The molecular formula is C58H86N8O8RuS2. The molecule has 19 heteroatoms. The zero-order chi connectivity index (χ0) is 57.6. The van der Waals surface area contributed by atoms with Crippen LogP contribution in [-0.4, -0.2) is 126 Å². The van der Waals surface area contributed by atoms with Crippen LogP contribution in [0.15, 0.2) is 73.3 Å². The molecule has 4 aromatic rings. The van der Waals surface area contributed by atoms with Gasteiger partial charge in [0.1, 0.15) is 0 Å². The summed E-state index contributed by atoms with van der Waals surface area (Å²) < 4.78 is 2.84. The Kier molecular flexibility index (Phi) is 47.1. The summed E-state index contributed by atoms with van der Waals surface area (Å²) in [6.07, 6.45) is 27.4. The van der Waals surface area contributed by atoms with Crippen molar-refractivity contribution < 1.29 is 68.0 Å². The average molecular weight is 1190 g/mol. The smallest absolute Gasteiger partial charge is 0.753 e. The van der Waals surface area contributed by atoms with Crippen molar-refractivity contribution in [2.24, 2.45) is 0 Å². The molecule has 0 fully saturated rings. The third-order valence-corrected chi connectivity index (χ3v) is 12.4. The molecule has 0 radical (unpaired) electrons. The normalized spacial score (nSPS) is 10.2. The van der Waals surface area contributed by atoms with Crippen molar-refractivity contribution in [3.8, 4) is 22.8 Å². The Bertz CT molecular complexity index is 1970. The summed E-state index contributed by atoms with van der Waals surface area (Å²) >= 11 is 7.40. The van der Waals surface area contributed by atoms with Crippen molar-refractivity contribution in [3.63, 3.8) is 0 Å². The summed E-state index contributed by atoms with van der Waals surface area (Å²) in [6.45, 7) is 30.0. The molecule has 4 rings (SSSR count). The van der Waals surface area contributed by atoms with Crippen LogP contribution in [0.1, 0.15) is 200 Å². The van der Waals surface area contributed by atoms with Gasteiger partial charge in [-0.25, -0.2) is 9.59 Å². The molecule has 0 saturated heterocycles. The number of nitrogens with zero attached hydrogens (tertiary/aromatic N) is 8. The number of carbonyl (C=O) groups excluding carboxylic acids is 2. The maximum atomic E-state index is 10.8. The predicted molar refractivity (Wildman–Crippen MR) is 308 cm³/mol. The third-order valence-electron chi connectivity index (χ3n) is 12.4. The Morgan fingerprint density at radius 3 is 0.753 bits per heavy atom. The summed E-state index contributed by atoms with van der Waals surface area (Å²) in [5.74, 6) is -4.83. The number of carbonyl (C=O) groups is 4. The van der Waals surface area contributed by atoms with Crippen molar-refractivity contribution in [2.45, 2.75) is 158 Å². The van der Waals surface area contributed by atoms with Gasteiger partial charge in [0, 0.05) is 35.9 Å². The van der Waals surface area contributed by atoms with Gasteiger partial charge < -0.3 is 49.8 Å². The largest absolute Gasteiger partial charge is 2.00 e. The first kappa shape index (κ1) is 75.9. The Balaban J connectivity index is -0.000000911. The number of aromatic carboxylic acids is 4. The first-order valence-corrected chi connectivity index (χ1v) is 27.8. The monoisotopic (exact) mass is 1190 g/mol. The number of unbranched alkanes of at least 4 members (excludes halogenated alkanes) is 8. The zero-order valence-electron chi connectivity index (χ0n) is 47.0. The number of hydrogen-bond donors (Lipinski definition) is 2. The number of isothiocyanates is 2. The number of pyridine rings is 4. The van der Waals surface area contributed by atoms with Crippen LogP contribution < -0.4 is 10.2 Å². The van der Waals surface area contributed by atoms with Gasteiger partial charge in [0.2, 0.25) is 0 Å². The number of carboxylic acid groups (broad SMARTS) is 4. The second-order valence-electron chi connectivity index (χ2n) is 18.4. The first-order valence-electron chi connectivity index (χ1n) is 26.9. The van der Waals surface area contributed by atoms with E-state index in [-0.39, 0.29) is 64.5 Å². The molecule has 0 aliphatic rings. The number of hydrogen-bond acceptors (Lipinski definition) is 12. The maximum absolute atomic E-state index is 10.8. The summed E-state index contributed by atoms with van der Waals surface area (Å²) in [7, 11) is 0. The number of carboxylic acids is 4. The molecule has 0 atom stereocenters. The van der Waals surface area contributed by atoms with Crippen LogP contribution in [0.2, 0.25) is 0 Å². The molecule has 0 aliphatic carbocycles. The van der Waals surface area contributed by atoms with Gasteiger partial charge in [-0.1, -0.05) is 131 Å². The second kappa shape index (κ2) is 47.8. The molecule has 4 heterocycles. The Morgan fingerprint density at radius 2 is 0.597 bits per heavy atom. The summed E-state index contributed by atoms with van der Waals surface area (Å²) in [4.78, 5) is 58.8. The minimum Gasteiger partial charge on any atom is -0.753 e. The zero-order valence-corrected chi connectivity index (χ0v) is 50.4. The Hall–Kier alpha value is -5.38. The van der Waals surface area contributed by atoms with E-state index < -0.39 is 23.9 Å². The molecule has 77 heavy (non-hydrogen) atoms. The quantitative estimate of drug-likeness (QED) is 0.0213. The van der Waals surface area contributed by atoms with Gasteiger partial charge >= 0.3 is 31.4 Å². The number of rotatable bonds is 30. The molecule has 2 N–H and O–H groups in total. The molecule has 0 saturated carbocycles. The van der Waals surface area contributed by atoms with E-state index in [1.54, 1.807) is 0 Å². The van der Waals surface area contributed by atoms with Gasteiger partial charge in [0.05, 0.1) is 98.2 Å². The second-order valence-corrected chi connectivity index (χ2v) is 18.8. The molecular weight excluding hydrogens is 1100 g/mol. The number of quaternary nitrogens is 2. The van der Waals surface area contributed by atoms with Crippen LogP contribution in [0.4, 0.5) is 0 Å². The summed E-state index contributed by atoms with van der Waals surface area (Å²) in [6, 6.07) is 10.5. The van der Waals surface area contributed by atoms with Gasteiger partial charge in [-0.3, -0.25) is 19.9 Å². The number of aromatic nitrogens is 4. The van der Waals surface area contributed by atoms with Crippen LogP contribution in [-0.2, 0) is 19.5 Å². The standard InChI is InChI=1S/2C16H36N.2C12H8N2O4.2CNS.Ru/c2*1-5-9-13-17(14-10-6-2,15-11-7-3)16-12-8-4;2*15-11(16)7-1-3-13-9(5-7)10-6-8(12(17)18)2-4-14-10;2*2-1-3;/h2*5-16H2,1-4H3;2*1-6H,(H,15,16)(H,17,18);;;/q2*+1;;;2*-1;+2/p-2. The van der Waals surface area contributed by atoms with E-state index in [4.69, 9.17) is 21.0 Å². The molecule has 0 amide bonds. The van der Waals surface area contributed by atoms with Crippen LogP contribution in [0.5, 0.6) is 0 Å². The molecule has 0 unspecified atom stereocenters. The van der Waals surface area contributed by atoms with Crippen molar-refractivity contribution in [1.29, 1.82) is 0 Å². The summed E-state index contributed by atoms with van der Waals surface area (Å²) in [5.41, 5.74) is 1.17. The van der Waals surface area contributed by atoms with Gasteiger partial charge in [-0.15, -0.1) is 0 Å². The van der Waals surface area contributed by atoms with Gasteiger partial charge in [-0.05, 0) is 99.9 Å².